The second-order valence-electron chi connectivity index (χ2n) is 7.83. The number of hydrogen-bond acceptors (Lipinski definition) is 3. The molecule has 5 nitrogen and oxygen atoms in total. The average Bonchev–Trinajstić information content (AvgIpc) is 3.44. The van der Waals surface area contributed by atoms with Crippen molar-refractivity contribution in [1.29, 1.82) is 0 Å². The van der Waals surface area contributed by atoms with E-state index in [0.717, 1.165) is 30.4 Å². The Morgan fingerprint density at radius 3 is 2.72 bits per heavy atom. The molecule has 2 aliphatic rings. The van der Waals surface area contributed by atoms with Gasteiger partial charge in [0.25, 0.3) is 0 Å². The molecule has 0 bridgehead atoms. The van der Waals surface area contributed by atoms with Crippen LogP contribution in [0.5, 0.6) is 11.5 Å². The molecular weight excluding hydrogens is 369 g/mol. The Morgan fingerprint density at radius 2 is 2.03 bits per heavy atom. The molecule has 148 valence electrons. The molecule has 3 aromatic rings. The third-order valence-corrected chi connectivity index (χ3v) is 5.73. The van der Waals surface area contributed by atoms with Crippen molar-refractivity contribution in [2.24, 2.45) is 5.92 Å². The number of carbonyl (C=O) groups is 1. The summed E-state index contributed by atoms with van der Waals surface area (Å²) in [7, 11) is 0. The van der Waals surface area contributed by atoms with Crippen molar-refractivity contribution in [2.45, 2.75) is 38.6 Å². The number of fused-ring (bicyclic) bond motifs is 1. The number of anilines is 1. The van der Waals surface area contributed by atoms with Crippen LogP contribution in [0.1, 0.15) is 31.7 Å². The Hall–Kier alpha value is -3.15. The van der Waals surface area contributed by atoms with Crippen molar-refractivity contribution in [3.05, 3.63) is 60.2 Å². The molecule has 1 atom stereocenters. The molecule has 1 fully saturated rings. The van der Waals surface area contributed by atoms with Gasteiger partial charge in [-0.3, -0.25) is 9.89 Å². The minimum atomic E-state index is -0.392. The monoisotopic (exact) mass is 391 g/mol. The molecule has 1 aromatic heterocycles. The fraction of sp³-hybridized carbons (Fsp3) is 0.304. The second kappa shape index (κ2) is 7.03. The molecule has 0 spiro atoms. The smallest absolute Gasteiger partial charge is 0.230 e. The first-order valence-corrected chi connectivity index (χ1v) is 10.0. The summed E-state index contributed by atoms with van der Waals surface area (Å²) in [5.74, 6) is 0.922. The minimum absolute atomic E-state index is 0.0230. The fourth-order valence-corrected chi connectivity index (χ4v) is 4.06. The lowest BCUT2D eigenvalue weighted by Gasteiger charge is -2.37. The minimum Gasteiger partial charge on any atom is -0.456 e. The van der Waals surface area contributed by atoms with Gasteiger partial charge in [-0.2, -0.15) is 5.10 Å². The van der Waals surface area contributed by atoms with Gasteiger partial charge in [-0.15, -0.1) is 0 Å². The standard InChI is InChI=1S/C23H22FN3O2/c1-14-7-10-18-21(27(14)23(28)15-8-9-15)20(24)11-19(16-12-25-26-13-16)22(18)29-17-5-3-2-4-6-17/h2-6,11-15H,7-10H2,1H3,(H,25,26)/t14-/m0/s1. The molecule has 1 aliphatic carbocycles. The van der Waals surface area contributed by atoms with Crippen LogP contribution < -0.4 is 9.64 Å². The van der Waals surface area contributed by atoms with Gasteiger partial charge in [0.05, 0.1) is 11.9 Å². The highest BCUT2D eigenvalue weighted by molar-refractivity contribution is 5.99. The van der Waals surface area contributed by atoms with Crippen molar-refractivity contribution in [2.75, 3.05) is 4.90 Å². The van der Waals surface area contributed by atoms with E-state index in [1.807, 2.05) is 37.3 Å². The third-order valence-electron chi connectivity index (χ3n) is 5.73. The van der Waals surface area contributed by atoms with E-state index in [-0.39, 0.29) is 17.9 Å². The van der Waals surface area contributed by atoms with E-state index in [1.165, 1.54) is 6.07 Å². The highest BCUT2D eigenvalue weighted by Crippen LogP contribution is 2.47. The van der Waals surface area contributed by atoms with E-state index >= 15 is 4.39 Å². The molecule has 2 heterocycles. The summed E-state index contributed by atoms with van der Waals surface area (Å²) in [4.78, 5) is 14.6. The van der Waals surface area contributed by atoms with Crippen LogP contribution in [0.4, 0.5) is 10.1 Å². The van der Waals surface area contributed by atoms with Gasteiger partial charge in [0.1, 0.15) is 17.3 Å². The number of nitrogens with zero attached hydrogens (tertiary/aromatic N) is 2. The third kappa shape index (κ3) is 3.18. The molecule has 1 amide bonds. The van der Waals surface area contributed by atoms with Crippen molar-refractivity contribution in [1.82, 2.24) is 10.2 Å². The van der Waals surface area contributed by atoms with Crippen LogP contribution in [-0.4, -0.2) is 22.1 Å². The number of aromatic amines is 1. The maximum atomic E-state index is 15.4. The number of ether oxygens (including phenoxy) is 1. The molecule has 0 saturated heterocycles. The quantitative estimate of drug-likeness (QED) is 0.674. The maximum Gasteiger partial charge on any atom is 0.230 e. The zero-order valence-electron chi connectivity index (χ0n) is 16.2. The molecule has 1 aliphatic heterocycles. The first-order chi connectivity index (χ1) is 14.1. The van der Waals surface area contributed by atoms with Crippen LogP contribution in [0.15, 0.2) is 48.8 Å². The number of para-hydroxylation sites is 1. The molecule has 2 aromatic carbocycles. The highest BCUT2D eigenvalue weighted by Gasteiger charge is 2.40. The average molecular weight is 391 g/mol. The molecule has 5 rings (SSSR count). The lowest BCUT2D eigenvalue weighted by Crippen LogP contribution is -2.43. The molecule has 1 saturated carbocycles. The van der Waals surface area contributed by atoms with Crippen LogP contribution in [0, 0.1) is 11.7 Å². The molecular formula is C23H22FN3O2. The van der Waals surface area contributed by atoms with Gasteiger partial charge in [0, 0.05) is 34.8 Å². The number of hydrogen-bond donors (Lipinski definition) is 1. The van der Waals surface area contributed by atoms with Crippen LogP contribution in [-0.2, 0) is 11.2 Å². The van der Waals surface area contributed by atoms with E-state index in [4.69, 9.17) is 4.74 Å². The summed E-state index contributed by atoms with van der Waals surface area (Å²) in [6.07, 6.45) is 6.56. The number of halogens is 1. The Labute approximate surface area is 168 Å². The van der Waals surface area contributed by atoms with Gasteiger partial charge in [-0.25, -0.2) is 4.39 Å². The maximum absolute atomic E-state index is 15.4. The van der Waals surface area contributed by atoms with Crippen LogP contribution >= 0.6 is 0 Å². The summed E-state index contributed by atoms with van der Waals surface area (Å²) < 4.78 is 21.7. The summed E-state index contributed by atoms with van der Waals surface area (Å²) in [5.41, 5.74) is 2.50. The SMILES string of the molecule is C[C@H]1CCc2c(Oc3ccccc3)c(-c3cn[nH]c3)cc(F)c2N1C(=O)C1CC1. The summed E-state index contributed by atoms with van der Waals surface area (Å²) >= 11 is 0. The molecule has 29 heavy (non-hydrogen) atoms. The van der Waals surface area contributed by atoms with Gasteiger partial charge in [-0.05, 0) is 50.8 Å². The van der Waals surface area contributed by atoms with Crippen molar-refractivity contribution in [3.63, 3.8) is 0 Å². The topological polar surface area (TPSA) is 58.2 Å². The van der Waals surface area contributed by atoms with Crippen LogP contribution in [0.3, 0.4) is 0 Å². The van der Waals surface area contributed by atoms with E-state index in [0.29, 0.717) is 29.2 Å². The number of benzene rings is 2. The molecule has 6 heteroatoms. The molecule has 1 N–H and O–H groups in total. The number of H-pyrrole nitrogens is 1. The van der Waals surface area contributed by atoms with Crippen LogP contribution in [0.2, 0.25) is 0 Å². The van der Waals surface area contributed by atoms with Gasteiger partial charge in [0.2, 0.25) is 5.91 Å². The summed E-state index contributed by atoms with van der Waals surface area (Å²) in [5, 5.41) is 6.79. The number of amides is 1. The van der Waals surface area contributed by atoms with E-state index in [2.05, 4.69) is 10.2 Å². The molecule has 0 unspecified atom stereocenters. The Bertz CT molecular complexity index is 1050. The Kier molecular flexibility index (Phi) is 4.34. The lowest BCUT2D eigenvalue weighted by atomic mass is 9.91. The predicted octanol–water partition coefficient (Wildman–Crippen LogP) is 5.09. The van der Waals surface area contributed by atoms with Crippen molar-refractivity contribution < 1.29 is 13.9 Å². The fourth-order valence-electron chi connectivity index (χ4n) is 4.06. The van der Waals surface area contributed by atoms with E-state index < -0.39 is 5.82 Å². The number of carbonyl (C=O) groups excluding carboxylic acids is 1. The number of aromatic nitrogens is 2. The van der Waals surface area contributed by atoms with Gasteiger partial charge < -0.3 is 9.64 Å². The summed E-state index contributed by atoms with van der Waals surface area (Å²) in [6, 6.07) is 10.9. The lowest BCUT2D eigenvalue weighted by molar-refractivity contribution is -0.120. The Morgan fingerprint density at radius 1 is 1.24 bits per heavy atom. The normalized spacial score (nSPS) is 18.4. The van der Waals surface area contributed by atoms with Gasteiger partial charge in [-0.1, -0.05) is 18.2 Å². The Balaban J connectivity index is 1.69. The van der Waals surface area contributed by atoms with Gasteiger partial charge in [0.15, 0.2) is 0 Å². The predicted molar refractivity (Wildman–Crippen MR) is 108 cm³/mol. The number of nitrogens with one attached hydrogen (secondary N) is 1. The second-order valence-corrected chi connectivity index (χ2v) is 7.83. The summed E-state index contributed by atoms with van der Waals surface area (Å²) in [6.45, 7) is 1.99. The molecule has 0 radical (unpaired) electrons. The van der Waals surface area contributed by atoms with Crippen molar-refractivity contribution >= 4 is 11.6 Å². The van der Waals surface area contributed by atoms with Gasteiger partial charge >= 0.3 is 0 Å². The van der Waals surface area contributed by atoms with Crippen molar-refractivity contribution in [3.8, 4) is 22.6 Å². The first-order valence-electron chi connectivity index (χ1n) is 10.0. The number of rotatable bonds is 4. The highest BCUT2D eigenvalue weighted by atomic mass is 19.1. The van der Waals surface area contributed by atoms with E-state index in [1.54, 1.807) is 17.3 Å². The zero-order valence-corrected chi connectivity index (χ0v) is 16.2. The largest absolute Gasteiger partial charge is 0.456 e. The van der Waals surface area contributed by atoms with E-state index in [9.17, 15) is 4.79 Å². The first kappa shape index (κ1) is 17.9. The zero-order chi connectivity index (χ0) is 20.0. The van der Waals surface area contributed by atoms with Crippen LogP contribution in [0.25, 0.3) is 11.1 Å².